The van der Waals surface area contributed by atoms with E-state index in [-0.39, 0.29) is 35.9 Å². The Kier molecular flexibility index (Phi) is 8.80. The SMILES string of the molecule is CN=C(NCc1ccc(N2CCNC(=O)C2)cc1)NC1CCN(c2ncccc2Cl)C1.I. The Morgan fingerprint density at radius 3 is 2.78 bits per heavy atom. The number of halogens is 2. The molecule has 3 heterocycles. The van der Waals surface area contributed by atoms with Gasteiger partial charge in [0.1, 0.15) is 5.82 Å². The van der Waals surface area contributed by atoms with Crippen molar-refractivity contribution in [3.63, 3.8) is 0 Å². The number of carbonyl (C=O) groups is 1. The molecule has 0 bridgehead atoms. The number of pyridine rings is 1. The first kappa shape index (κ1) is 24.4. The summed E-state index contributed by atoms with van der Waals surface area (Å²) in [5.74, 6) is 1.68. The van der Waals surface area contributed by atoms with Crippen molar-refractivity contribution in [1.29, 1.82) is 0 Å². The average Bonchev–Trinajstić information content (AvgIpc) is 3.25. The van der Waals surface area contributed by atoms with Gasteiger partial charge >= 0.3 is 0 Å². The Balaban J connectivity index is 0.00000289. The van der Waals surface area contributed by atoms with Crippen molar-refractivity contribution in [3.05, 3.63) is 53.2 Å². The van der Waals surface area contributed by atoms with Gasteiger partial charge in [-0.15, -0.1) is 24.0 Å². The van der Waals surface area contributed by atoms with E-state index in [1.54, 1.807) is 13.2 Å². The van der Waals surface area contributed by atoms with Crippen molar-refractivity contribution in [1.82, 2.24) is 20.9 Å². The molecule has 2 aromatic rings. The summed E-state index contributed by atoms with van der Waals surface area (Å²) in [6, 6.07) is 12.3. The summed E-state index contributed by atoms with van der Waals surface area (Å²) in [4.78, 5) is 24.7. The lowest BCUT2D eigenvalue weighted by atomic mass is 10.2. The Labute approximate surface area is 210 Å². The molecule has 2 aliphatic rings. The number of nitrogens with one attached hydrogen (secondary N) is 3. The van der Waals surface area contributed by atoms with Crippen LogP contribution in [-0.4, -0.2) is 62.7 Å². The van der Waals surface area contributed by atoms with E-state index in [0.29, 0.717) is 24.7 Å². The van der Waals surface area contributed by atoms with Crippen LogP contribution in [0.3, 0.4) is 0 Å². The van der Waals surface area contributed by atoms with Crippen LogP contribution in [0.4, 0.5) is 11.5 Å². The van der Waals surface area contributed by atoms with Crippen molar-refractivity contribution in [3.8, 4) is 0 Å². The zero-order chi connectivity index (χ0) is 21.6. The maximum absolute atomic E-state index is 11.6. The zero-order valence-corrected chi connectivity index (χ0v) is 21.1. The second kappa shape index (κ2) is 11.6. The number of nitrogens with zero attached hydrogens (tertiary/aromatic N) is 4. The lowest BCUT2D eigenvalue weighted by Crippen LogP contribution is -2.47. The Morgan fingerprint density at radius 2 is 2.06 bits per heavy atom. The molecule has 2 saturated heterocycles. The third-order valence-electron chi connectivity index (χ3n) is 5.59. The summed E-state index contributed by atoms with van der Waals surface area (Å²) < 4.78 is 0. The number of rotatable bonds is 5. The minimum Gasteiger partial charge on any atom is -0.360 e. The van der Waals surface area contributed by atoms with E-state index in [9.17, 15) is 4.79 Å². The molecule has 0 spiro atoms. The number of hydrogen-bond acceptors (Lipinski definition) is 5. The summed E-state index contributed by atoms with van der Waals surface area (Å²) >= 11 is 6.29. The molecule has 0 aliphatic carbocycles. The van der Waals surface area contributed by atoms with Gasteiger partial charge in [0.2, 0.25) is 5.91 Å². The quantitative estimate of drug-likeness (QED) is 0.291. The highest BCUT2D eigenvalue weighted by Crippen LogP contribution is 2.25. The molecule has 10 heteroatoms. The van der Waals surface area contributed by atoms with E-state index >= 15 is 0 Å². The third-order valence-corrected chi connectivity index (χ3v) is 5.89. The van der Waals surface area contributed by atoms with Gasteiger partial charge in [0, 0.05) is 57.7 Å². The second-order valence-corrected chi connectivity index (χ2v) is 8.16. The van der Waals surface area contributed by atoms with Crippen LogP contribution in [0, 0.1) is 0 Å². The largest absolute Gasteiger partial charge is 0.360 e. The molecule has 1 atom stereocenters. The van der Waals surface area contributed by atoms with Crippen LogP contribution >= 0.6 is 35.6 Å². The van der Waals surface area contributed by atoms with Crippen LogP contribution in [-0.2, 0) is 11.3 Å². The smallest absolute Gasteiger partial charge is 0.239 e. The van der Waals surface area contributed by atoms with Gasteiger partial charge in [-0.1, -0.05) is 23.7 Å². The zero-order valence-electron chi connectivity index (χ0n) is 18.1. The third kappa shape index (κ3) is 6.16. The number of benzene rings is 1. The molecule has 1 aromatic carbocycles. The van der Waals surface area contributed by atoms with Gasteiger partial charge in [-0.25, -0.2) is 4.98 Å². The molecule has 4 rings (SSSR count). The molecule has 1 unspecified atom stereocenters. The molecule has 2 fully saturated rings. The number of guanidine groups is 1. The van der Waals surface area contributed by atoms with Gasteiger partial charge in [-0.2, -0.15) is 0 Å². The van der Waals surface area contributed by atoms with E-state index in [0.717, 1.165) is 49.1 Å². The monoisotopic (exact) mass is 569 g/mol. The minimum absolute atomic E-state index is 0. The van der Waals surface area contributed by atoms with Crippen LogP contribution in [0.2, 0.25) is 5.02 Å². The van der Waals surface area contributed by atoms with Crippen LogP contribution in [0.1, 0.15) is 12.0 Å². The number of piperazine rings is 1. The standard InChI is InChI=1S/C22H28ClN7O.HI/c1-24-22(28-17-8-11-30(14-17)21-19(23)3-2-9-26-21)27-13-16-4-6-18(7-5-16)29-12-10-25-20(31)15-29;/h2-7,9,17H,8,10-15H2,1H3,(H,25,31)(H2,24,27,28);1H. The number of hydrogen-bond donors (Lipinski definition) is 3. The Bertz CT molecular complexity index is 940. The number of aromatic nitrogens is 1. The first-order chi connectivity index (χ1) is 15.1. The highest BCUT2D eigenvalue weighted by molar-refractivity contribution is 14.0. The maximum atomic E-state index is 11.6. The van der Waals surface area contributed by atoms with Gasteiger partial charge in [0.25, 0.3) is 0 Å². The Morgan fingerprint density at radius 1 is 1.25 bits per heavy atom. The van der Waals surface area contributed by atoms with Crippen LogP contribution in [0.15, 0.2) is 47.6 Å². The molecule has 0 radical (unpaired) electrons. The van der Waals surface area contributed by atoms with Crippen molar-refractivity contribution in [2.45, 2.75) is 19.0 Å². The number of anilines is 2. The van der Waals surface area contributed by atoms with Crippen LogP contribution in [0.5, 0.6) is 0 Å². The van der Waals surface area contributed by atoms with Gasteiger partial charge in [-0.3, -0.25) is 9.79 Å². The maximum Gasteiger partial charge on any atom is 0.239 e. The van der Waals surface area contributed by atoms with E-state index in [4.69, 9.17) is 11.6 Å². The number of aliphatic imine (C=N–C) groups is 1. The average molecular weight is 570 g/mol. The number of carbonyl (C=O) groups excluding carboxylic acids is 1. The molecule has 2 aliphatic heterocycles. The summed E-state index contributed by atoms with van der Waals surface area (Å²) in [5, 5.41) is 10.4. The van der Waals surface area contributed by atoms with Crippen LogP contribution in [0.25, 0.3) is 0 Å². The van der Waals surface area contributed by atoms with Gasteiger partial charge in [0.15, 0.2) is 5.96 Å². The summed E-state index contributed by atoms with van der Waals surface area (Å²) in [6.45, 7) is 4.34. The molecule has 172 valence electrons. The minimum atomic E-state index is 0. The first-order valence-corrected chi connectivity index (χ1v) is 10.9. The van der Waals surface area contributed by atoms with Crippen molar-refractivity contribution in [2.75, 3.05) is 49.6 Å². The molecular weight excluding hydrogens is 541 g/mol. The van der Waals surface area contributed by atoms with E-state index < -0.39 is 0 Å². The van der Waals surface area contributed by atoms with Gasteiger partial charge in [-0.05, 0) is 36.2 Å². The van der Waals surface area contributed by atoms with Crippen molar-refractivity contribution in [2.24, 2.45) is 4.99 Å². The van der Waals surface area contributed by atoms with Crippen molar-refractivity contribution >= 4 is 58.9 Å². The van der Waals surface area contributed by atoms with Gasteiger partial charge < -0.3 is 25.8 Å². The molecule has 0 saturated carbocycles. The lowest BCUT2D eigenvalue weighted by Gasteiger charge is -2.28. The fraction of sp³-hybridized carbons (Fsp3) is 0.409. The van der Waals surface area contributed by atoms with E-state index in [2.05, 4.69) is 60.0 Å². The molecule has 1 amide bonds. The predicted octanol–water partition coefficient (Wildman–Crippen LogP) is 2.23. The predicted molar refractivity (Wildman–Crippen MR) is 140 cm³/mol. The first-order valence-electron chi connectivity index (χ1n) is 10.6. The molecule has 8 nitrogen and oxygen atoms in total. The fourth-order valence-corrected chi connectivity index (χ4v) is 4.18. The summed E-state index contributed by atoms with van der Waals surface area (Å²) in [5.41, 5.74) is 2.22. The summed E-state index contributed by atoms with van der Waals surface area (Å²) in [6.07, 6.45) is 2.76. The topological polar surface area (TPSA) is 84.9 Å². The fourth-order valence-electron chi connectivity index (χ4n) is 3.94. The normalized spacial score (nSPS) is 18.8. The van der Waals surface area contributed by atoms with E-state index in [1.165, 1.54) is 0 Å². The van der Waals surface area contributed by atoms with Gasteiger partial charge in [0.05, 0.1) is 11.6 Å². The Hall–Kier alpha value is -2.27. The lowest BCUT2D eigenvalue weighted by molar-refractivity contribution is -0.120. The second-order valence-electron chi connectivity index (χ2n) is 7.75. The van der Waals surface area contributed by atoms with Crippen molar-refractivity contribution < 1.29 is 4.79 Å². The van der Waals surface area contributed by atoms with E-state index in [1.807, 2.05) is 12.1 Å². The molecular formula is C22H29ClIN7O. The highest BCUT2D eigenvalue weighted by atomic mass is 127. The molecule has 32 heavy (non-hydrogen) atoms. The molecule has 1 aromatic heterocycles. The number of amides is 1. The van der Waals surface area contributed by atoms with Crippen LogP contribution < -0.4 is 25.8 Å². The summed E-state index contributed by atoms with van der Waals surface area (Å²) in [7, 11) is 1.78. The molecule has 3 N–H and O–H groups in total. The highest BCUT2D eigenvalue weighted by Gasteiger charge is 2.25.